The lowest BCUT2D eigenvalue weighted by atomic mass is 10.1. The van der Waals surface area contributed by atoms with Crippen LogP contribution in [0.3, 0.4) is 0 Å². The van der Waals surface area contributed by atoms with Crippen molar-refractivity contribution < 1.29 is 27.5 Å². The summed E-state index contributed by atoms with van der Waals surface area (Å²) in [6.45, 7) is 4.24. The normalized spacial score (nSPS) is 22.2. The number of oxazole rings is 1. The van der Waals surface area contributed by atoms with Crippen molar-refractivity contribution in [3.63, 3.8) is 0 Å². The summed E-state index contributed by atoms with van der Waals surface area (Å²) in [6, 6.07) is 2.78. The van der Waals surface area contributed by atoms with Crippen LogP contribution in [-0.2, 0) is 6.18 Å². The Bertz CT molecular complexity index is 762. The first kappa shape index (κ1) is 16.4. The number of anilines is 1. The molecule has 130 valence electrons. The van der Waals surface area contributed by atoms with Crippen molar-refractivity contribution in [2.45, 2.75) is 32.1 Å². The molecule has 3 rings (SSSR count). The van der Waals surface area contributed by atoms with Crippen LogP contribution in [0.1, 0.15) is 19.4 Å². The van der Waals surface area contributed by atoms with Crippen molar-refractivity contribution >= 4 is 23.2 Å². The number of benzene rings is 1. The minimum absolute atomic E-state index is 0.0563. The van der Waals surface area contributed by atoms with Gasteiger partial charge in [0.15, 0.2) is 5.58 Å². The molecule has 1 N–H and O–H groups in total. The second-order valence-electron chi connectivity index (χ2n) is 5.97. The summed E-state index contributed by atoms with van der Waals surface area (Å²) >= 11 is 0. The molecule has 2 atom stereocenters. The zero-order valence-electron chi connectivity index (χ0n) is 13.0. The third-order valence-electron chi connectivity index (χ3n) is 4.11. The Morgan fingerprint density at radius 3 is 2.46 bits per heavy atom. The van der Waals surface area contributed by atoms with Crippen LogP contribution in [0.5, 0.6) is 0 Å². The van der Waals surface area contributed by atoms with Crippen LogP contribution in [0.15, 0.2) is 22.6 Å². The van der Waals surface area contributed by atoms with Gasteiger partial charge in [-0.3, -0.25) is 4.90 Å². The van der Waals surface area contributed by atoms with E-state index in [1.807, 2.05) is 0 Å². The molecule has 0 spiro atoms. The van der Waals surface area contributed by atoms with Crippen LogP contribution in [0.2, 0.25) is 0 Å². The average molecular weight is 343 g/mol. The number of hydrogen-bond donors (Lipinski definition) is 1. The molecule has 0 saturated carbocycles. The predicted octanol–water partition coefficient (Wildman–Crippen LogP) is 3.42. The van der Waals surface area contributed by atoms with Gasteiger partial charge in [-0.1, -0.05) is 0 Å². The van der Waals surface area contributed by atoms with Crippen molar-refractivity contribution in [3.8, 4) is 0 Å². The number of amides is 1. The average Bonchev–Trinajstić information content (AvgIpc) is 2.87. The smallest absolute Gasteiger partial charge is 0.416 e. The number of aromatic nitrogens is 1. The van der Waals surface area contributed by atoms with Crippen molar-refractivity contribution in [1.29, 1.82) is 0 Å². The predicted molar refractivity (Wildman–Crippen MR) is 80.0 cm³/mol. The van der Waals surface area contributed by atoms with Gasteiger partial charge in [-0.25, -0.2) is 4.79 Å². The SMILES string of the molecule is C[C@@H]1CN(c2nc3ccc(C(F)(F)F)cc3o2)C[C@H](C)N1C(=O)O. The minimum Gasteiger partial charge on any atom is -0.465 e. The van der Waals surface area contributed by atoms with E-state index in [2.05, 4.69) is 4.98 Å². The van der Waals surface area contributed by atoms with E-state index in [1.165, 1.54) is 11.0 Å². The highest BCUT2D eigenvalue weighted by molar-refractivity contribution is 5.75. The largest absolute Gasteiger partial charge is 0.465 e. The third-order valence-corrected chi connectivity index (χ3v) is 4.11. The molecule has 0 unspecified atom stereocenters. The maximum Gasteiger partial charge on any atom is 0.416 e. The van der Waals surface area contributed by atoms with E-state index < -0.39 is 17.8 Å². The van der Waals surface area contributed by atoms with Gasteiger partial charge in [0.25, 0.3) is 6.01 Å². The van der Waals surface area contributed by atoms with Crippen molar-refractivity contribution in [3.05, 3.63) is 23.8 Å². The van der Waals surface area contributed by atoms with Crippen molar-refractivity contribution in [1.82, 2.24) is 9.88 Å². The Balaban J connectivity index is 1.89. The molecular weight excluding hydrogens is 327 g/mol. The van der Waals surface area contributed by atoms with Gasteiger partial charge < -0.3 is 14.4 Å². The number of carboxylic acid groups (broad SMARTS) is 1. The monoisotopic (exact) mass is 343 g/mol. The van der Waals surface area contributed by atoms with Gasteiger partial charge in [-0.15, -0.1) is 0 Å². The first-order valence-corrected chi connectivity index (χ1v) is 7.41. The van der Waals surface area contributed by atoms with Crippen LogP contribution in [0.25, 0.3) is 11.1 Å². The van der Waals surface area contributed by atoms with Crippen LogP contribution in [0.4, 0.5) is 24.0 Å². The summed E-state index contributed by atoms with van der Waals surface area (Å²) < 4.78 is 43.8. The number of carbonyl (C=O) groups is 1. The van der Waals surface area contributed by atoms with Gasteiger partial charge >= 0.3 is 12.3 Å². The molecule has 6 nitrogen and oxygen atoms in total. The number of piperazine rings is 1. The summed E-state index contributed by atoms with van der Waals surface area (Å²) in [7, 11) is 0. The number of hydrogen-bond acceptors (Lipinski definition) is 4. The summed E-state index contributed by atoms with van der Waals surface area (Å²) in [5, 5.41) is 9.22. The van der Waals surface area contributed by atoms with Gasteiger partial charge in [0, 0.05) is 13.1 Å². The number of nitrogens with zero attached hydrogens (tertiary/aromatic N) is 3. The number of rotatable bonds is 1. The molecule has 1 aromatic heterocycles. The van der Waals surface area contributed by atoms with Crippen LogP contribution >= 0.6 is 0 Å². The fourth-order valence-electron chi connectivity index (χ4n) is 3.08. The molecule has 0 aliphatic carbocycles. The Hall–Kier alpha value is -2.45. The molecule has 0 bridgehead atoms. The van der Waals surface area contributed by atoms with Crippen LogP contribution in [-0.4, -0.2) is 46.3 Å². The lowest BCUT2D eigenvalue weighted by Gasteiger charge is -2.42. The van der Waals surface area contributed by atoms with Gasteiger partial charge in [0.2, 0.25) is 0 Å². The van der Waals surface area contributed by atoms with E-state index in [4.69, 9.17) is 4.42 Å². The molecule has 2 heterocycles. The zero-order chi connectivity index (χ0) is 17.6. The van der Waals surface area contributed by atoms with Crippen molar-refractivity contribution in [2.75, 3.05) is 18.0 Å². The first-order chi connectivity index (χ1) is 11.2. The van der Waals surface area contributed by atoms with E-state index in [9.17, 15) is 23.1 Å². The number of fused-ring (bicyclic) bond motifs is 1. The molecule has 1 amide bonds. The summed E-state index contributed by atoms with van der Waals surface area (Å²) in [4.78, 5) is 18.6. The third kappa shape index (κ3) is 2.85. The Morgan fingerprint density at radius 2 is 1.92 bits per heavy atom. The van der Waals surface area contributed by atoms with Gasteiger partial charge in [-0.2, -0.15) is 18.2 Å². The van der Waals surface area contributed by atoms with Crippen molar-refractivity contribution in [2.24, 2.45) is 0 Å². The van der Waals surface area contributed by atoms with Gasteiger partial charge in [-0.05, 0) is 32.0 Å². The fourth-order valence-corrected chi connectivity index (χ4v) is 3.08. The molecule has 1 aliphatic rings. The van der Waals surface area contributed by atoms with E-state index in [-0.39, 0.29) is 23.7 Å². The van der Waals surface area contributed by atoms with E-state index in [0.29, 0.717) is 18.6 Å². The van der Waals surface area contributed by atoms with E-state index in [1.54, 1.807) is 18.7 Å². The molecule has 1 fully saturated rings. The summed E-state index contributed by atoms with van der Waals surface area (Å²) in [5.41, 5.74) is -0.408. The molecule has 1 aromatic carbocycles. The topological polar surface area (TPSA) is 69.8 Å². The second-order valence-corrected chi connectivity index (χ2v) is 5.97. The van der Waals surface area contributed by atoms with E-state index in [0.717, 1.165) is 12.1 Å². The van der Waals surface area contributed by atoms with Crippen LogP contribution < -0.4 is 4.90 Å². The summed E-state index contributed by atoms with van der Waals surface area (Å²) in [5.74, 6) is 0. The molecular formula is C15H16F3N3O3. The van der Waals surface area contributed by atoms with Crippen LogP contribution in [0, 0.1) is 0 Å². The zero-order valence-corrected chi connectivity index (χ0v) is 13.0. The van der Waals surface area contributed by atoms with E-state index >= 15 is 0 Å². The highest BCUT2D eigenvalue weighted by Crippen LogP contribution is 2.33. The molecule has 0 radical (unpaired) electrons. The fraction of sp³-hybridized carbons (Fsp3) is 0.467. The number of alkyl halides is 3. The lowest BCUT2D eigenvalue weighted by Crippen LogP contribution is -2.58. The molecule has 24 heavy (non-hydrogen) atoms. The quantitative estimate of drug-likeness (QED) is 0.859. The maximum absolute atomic E-state index is 12.8. The first-order valence-electron chi connectivity index (χ1n) is 7.41. The molecule has 1 saturated heterocycles. The number of halogens is 3. The van der Waals surface area contributed by atoms with Gasteiger partial charge in [0.05, 0.1) is 17.6 Å². The highest BCUT2D eigenvalue weighted by Gasteiger charge is 2.35. The Labute approximate surface area is 135 Å². The molecule has 9 heteroatoms. The second kappa shape index (κ2) is 5.57. The minimum atomic E-state index is -4.45. The lowest BCUT2D eigenvalue weighted by molar-refractivity contribution is -0.137. The molecule has 1 aliphatic heterocycles. The maximum atomic E-state index is 12.8. The molecule has 2 aromatic rings. The standard InChI is InChI=1S/C15H16F3N3O3/c1-8-6-20(7-9(2)21(8)14(22)23)13-19-11-4-3-10(15(16,17)18)5-12(11)24-13/h3-5,8-9H,6-7H2,1-2H3,(H,22,23)/t8-,9+. The van der Waals surface area contributed by atoms with Gasteiger partial charge in [0.1, 0.15) is 5.52 Å². The highest BCUT2D eigenvalue weighted by atomic mass is 19.4. The Kier molecular flexibility index (Phi) is 3.81. The Morgan fingerprint density at radius 1 is 1.29 bits per heavy atom. The summed E-state index contributed by atoms with van der Waals surface area (Å²) in [6.07, 6.45) is -5.45.